The van der Waals surface area contributed by atoms with Gasteiger partial charge in [0.05, 0.1) is 6.04 Å². The molecule has 14 heteroatoms. The third-order valence-electron chi connectivity index (χ3n) is 7.54. The summed E-state index contributed by atoms with van der Waals surface area (Å²) in [6.45, 7) is 2.57. The number of unbranched alkanes of at least 4 members (excludes halogenated alkanes) is 5. The van der Waals surface area contributed by atoms with Crippen LogP contribution in [0.2, 0.25) is 0 Å². The standard InChI is InChI=1S/C35H55N7O6.ClH/c36-31(25-30(43)19-10-2-1-3-11-21-40-33(37)38)32(44)39-20-12-13-23-42(35(46)48-27-29-17-8-5-9-18-29)24-14-22-41-34(45)47-26-28-15-6-4-7-16-28;/h4-9,15-18,31-32,39,44H,1-3,10-14,19-27,36H2,(H,41,45)(H4,37,38,40);1H. The number of nitrogens with one attached hydrogen (secondary N) is 2. The number of nitrogens with two attached hydrogens (primary N) is 3. The lowest BCUT2D eigenvalue weighted by Crippen LogP contribution is -2.46. The van der Waals surface area contributed by atoms with E-state index < -0.39 is 24.5 Å². The Bertz CT molecular complexity index is 1210. The molecule has 0 aliphatic rings. The van der Waals surface area contributed by atoms with Gasteiger partial charge < -0.3 is 42.0 Å². The van der Waals surface area contributed by atoms with E-state index in [0.29, 0.717) is 58.4 Å². The highest BCUT2D eigenvalue weighted by atomic mass is 35.5. The Hall–Kier alpha value is -3.91. The van der Waals surface area contributed by atoms with E-state index in [-0.39, 0.29) is 43.8 Å². The minimum atomic E-state index is -1.01. The van der Waals surface area contributed by atoms with Gasteiger partial charge in [0.1, 0.15) is 25.2 Å². The van der Waals surface area contributed by atoms with Gasteiger partial charge >= 0.3 is 12.2 Å². The fourth-order valence-corrected chi connectivity index (χ4v) is 4.82. The summed E-state index contributed by atoms with van der Waals surface area (Å²) < 4.78 is 10.8. The Morgan fingerprint density at radius 2 is 1.37 bits per heavy atom. The Balaban J connectivity index is 0.0000120. The lowest BCUT2D eigenvalue weighted by atomic mass is 10.0. The number of Topliss-reactive ketones (excluding diaryl/α,β-unsaturated/α-hetero) is 1. The summed E-state index contributed by atoms with van der Waals surface area (Å²) in [5.41, 5.74) is 18.5. The molecule has 2 aromatic carbocycles. The van der Waals surface area contributed by atoms with Crippen molar-refractivity contribution in [1.82, 2.24) is 15.5 Å². The van der Waals surface area contributed by atoms with Crippen LogP contribution in [0.3, 0.4) is 0 Å². The van der Waals surface area contributed by atoms with E-state index in [1.165, 1.54) is 0 Å². The van der Waals surface area contributed by atoms with Crippen LogP contribution in [0.4, 0.5) is 9.59 Å². The van der Waals surface area contributed by atoms with E-state index in [0.717, 1.165) is 43.2 Å². The van der Waals surface area contributed by atoms with Crippen molar-refractivity contribution in [2.45, 2.75) is 89.7 Å². The third kappa shape index (κ3) is 21.6. The molecule has 0 aliphatic heterocycles. The smallest absolute Gasteiger partial charge is 0.410 e. The van der Waals surface area contributed by atoms with Gasteiger partial charge in [-0.15, -0.1) is 12.4 Å². The molecule has 2 unspecified atom stereocenters. The zero-order chi connectivity index (χ0) is 34.8. The van der Waals surface area contributed by atoms with Crippen LogP contribution < -0.4 is 27.8 Å². The summed E-state index contributed by atoms with van der Waals surface area (Å²) in [6.07, 6.45) is 5.05. The first-order valence-corrected chi connectivity index (χ1v) is 16.9. The number of benzene rings is 2. The number of ketones is 1. The number of nitrogens with zero attached hydrogens (tertiary/aromatic N) is 2. The Kier molecular flexibility index (Phi) is 23.7. The molecule has 2 rings (SSSR count). The van der Waals surface area contributed by atoms with Crippen LogP contribution in [-0.4, -0.2) is 78.9 Å². The number of carbonyl (C=O) groups excluding carboxylic acids is 3. The highest BCUT2D eigenvalue weighted by molar-refractivity contribution is 5.85. The molecule has 2 atom stereocenters. The van der Waals surface area contributed by atoms with Gasteiger partial charge in [0.25, 0.3) is 0 Å². The summed E-state index contributed by atoms with van der Waals surface area (Å²) in [5.74, 6) is 0.140. The average Bonchev–Trinajstić information content (AvgIpc) is 3.08. The molecule has 274 valence electrons. The van der Waals surface area contributed by atoms with Crippen molar-refractivity contribution in [3.8, 4) is 0 Å². The molecule has 0 fully saturated rings. The molecule has 0 aromatic heterocycles. The first-order valence-electron chi connectivity index (χ1n) is 16.9. The van der Waals surface area contributed by atoms with Crippen LogP contribution in [-0.2, 0) is 27.5 Å². The largest absolute Gasteiger partial charge is 0.445 e. The monoisotopic (exact) mass is 705 g/mol. The molecule has 13 nitrogen and oxygen atoms in total. The number of amides is 2. The van der Waals surface area contributed by atoms with Gasteiger partial charge in [-0.3, -0.25) is 15.1 Å². The minimum absolute atomic E-state index is 0. The van der Waals surface area contributed by atoms with Gasteiger partial charge in [-0.2, -0.15) is 0 Å². The van der Waals surface area contributed by atoms with Crippen molar-refractivity contribution >= 4 is 36.3 Å². The zero-order valence-corrected chi connectivity index (χ0v) is 29.3. The van der Waals surface area contributed by atoms with Crippen molar-refractivity contribution in [2.24, 2.45) is 22.2 Å². The van der Waals surface area contributed by atoms with Crippen LogP contribution in [0.1, 0.15) is 75.3 Å². The van der Waals surface area contributed by atoms with Gasteiger partial charge in [0.2, 0.25) is 0 Å². The zero-order valence-electron chi connectivity index (χ0n) is 28.5. The van der Waals surface area contributed by atoms with Gasteiger partial charge in [-0.25, -0.2) is 9.59 Å². The molecule has 0 aliphatic carbocycles. The molecule has 49 heavy (non-hydrogen) atoms. The Morgan fingerprint density at radius 3 is 2.02 bits per heavy atom. The van der Waals surface area contributed by atoms with Gasteiger partial charge in [0.15, 0.2) is 5.96 Å². The number of rotatable bonds is 25. The quantitative estimate of drug-likeness (QED) is 0.0379. The van der Waals surface area contributed by atoms with Crippen LogP contribution in [0.25, 0.3) is 0 Å². The first-order chi connectivity index (χ1) is 23.2. The molecule has 0 radical (unpaired) electrons. The topological polar surface area (TPSA) is 208 Å². The summed E-state index contributed by atoms with van der Waals surface area (Å²) in [5, 5.41) is 16.1. The molecule has 0 saturated heterocycles. The molecular weight excluding hydrogens is 650 g/mol. The van der Waals surface area contributed by atoms with E-state index in [1.54, 1.807) is 4.90 Å². The number of aliphatic hydroxyl groups excluding tert-OH is 1. The first kappa shape index (κ1) is 43.1. The number of hydrogen-bond acceptors (Lipinski definition) is 9. The summed E-state index contributed by atoms with van der Waals surface area (Å²) in [6, 6.07) is 18.2. The second-order valence-corrected chi connectivity index (χ2v) is 11.7. The summed E-state index contributed by atoms with van der Waals surface area (Å²) in [7, 11) is 0. The molecule has 0 saturated carbocycles. The van der Waals surface area contributed by atoms with Gasteiger partial charge in [-0.1, -0.05) is 79.9 Å². The number of hydrogen-bond donors (Lipinski definition) is 6. The van der Waals surface area contributed by atoms with Gasteiger partial charge in [0, 0.05) is 39.0 Å². The molecule has 2 aromatic rings. The van der Waals surface area contributed by atoms with E-state index in [9.17, 15) is 19.5 Å². The minimum Gasteiger partial charge on any atom is -0.445 e. The van der Waals surface area contributed by atoms with Crippen LogP contribution >= 0.6 is 12.4 Å². The maximum absolute atomic E-state index is 12.9. The van der Waals surface area contributed by atoms with E-state index in [4.69, 9.17) is 26.7 Å². The number of alkyl carbamates (subject to hydrolysis) is 1. The van der Waals surface area contributed by atoms with E-state index in [1.807, 2.05) is 60.7 Å². The molecular formula is C35H56ClN7O6. The highest BCUT2D eigenvalue weighted by Crippen LogP contribution is 2.09. The molecule has 0 bridgehead atoms. The summed E-state index contributed by atoms with van der Waals surface area (Å²) in [4.78, 5) is 42.9. The predicted octanol–water partition coefficient (Wildman–Crippen LogP) is 3.95. The molecule has 0 heterocycles. The van der Waals surface area contributed by atoms with Gasteiger partial charge in [-0.05, 0) is 49.8 Å². The molecule has 9 N–H and O–H groups in total. The van der Waals surface area contributed by atoms with Crippen molar-refractivity contribution in [3.63, 3.8) is 0 Å². The second-order valence-electron chi connectivity index (χ2n) is 11.7. The van der Waals surface area contributed by atoms with Crippen molar-refractivity contribution in [2.75, 3.05) is 32.7 Å². The Labute approximate surface area is 296 Å². The predicted molar refractivity (Wildman–Crippen MR) is 194 cm³/mol. The van der Waals surface area contributed by atoms with E-state index >= 15 is 0 Å². The SMILES string of the molecule is Cl.NC(N)=NCCCCCCCC(=O)CC(N)C(O)NCCCCN(CCCNC(=O)OCc1ccccc1)C(=O)OCc1ccccc1. The fourth-order valence-electron chi connectivity index (χ4n) is 4.82. The molecule has 2 amide bonds. The fraction of sp³-hybridized carbons (Fsp3) is 0.543. The van der Waals surface area contributed by atoms with Crippen molar-refractivity contribution in [3.05, 3.63) is 71.8 Å². The van der Waals surface area contributed by atoms with Crippen molar-refractivity contribution < 1.29 is 29.0 Å². The van der Waals surface area contributed by atoms with Crippen LogP contribution in [0, 0.1) is 0 Å². The normalized spacial score (nSPS) is 11.8. The lowest BCUT2D eigenvalue weighted by Gasteiger charge is -2.23. The highest BCUT2D eigenvalue weighted by Gasteiger charge is 2.18. The Morgan fingerprint density at radius 1 is 0.776 bits per heavy atom. The maximum atomic E-state index is 12.9. The number of halogens is 1. The number of guanidine groups is 1. The van der Waals surface area contributed by atoms with E-state index in [2.05, 4.69) is 15.6 Å². The van der Waals surface area contributed by atoms with Crippen molar-refractivity contribution in [1.29, 1.82) is 0 Å². The number of aliphatic hydroxyl groups is 1. The number of carbonyl (C=O) groups is 3. The second kappa shape index (κ2) is 27.0. The average molecular weight is 706 g/mol. The molecule has 0 spiro atoms. The third-order valence-corrected chi connectivity index (χ3v) is 7.54. The lowest BCUT2D eigenvalue weighted by molar-refractivity contribution is -0.120. The van der Waals surface area contributed by atoms with Crippen LogP contribution in [0.5, 0.6) is 0 Å². The number of ether oxygens (including phenoxy) is 2. The number of aliphatic imine (C=N–C) groups is 1. The summed E-state index contributed by atoms with van der Waals surface area (Å²) >= 11 is 0. The maximum Gasteiger partial charge on any atom is 0.410 e. The van der Waals surface area contributed by atoms with Crippen LogP contribution in [0.15, 0.2) is 65.7 Å².